The molecule has 4 rings (SSSR count). The molecule has 1 aromatic heterocycles. The van der Waals surface area contributed by atoms with Gasteiger partial charge >= 0.3 is 0 Å². The highest BCUT2D eigenvalue weighted by molar-refractivity contribution is 7.99. The lowest BCUT2D eigenvalue weighted by Crippen LogP contribution is -2.17. The molecule has 3 aromatic rings. The fourth-order valence-electron chi connectivity index (χ4n) is 3.24. The summed E-state index contributed by atoms with van der Waals surface area (Å²) in [5.74, 6) is 0.936. The summed E-state index contributed by atoms with van der Waals surface area (Å²) in [6, 6.07) is 12.0. The van der Waals surface area contributed by atoms with Gasteiger partial charge in [0, 0.05) is 45.9 Å². The van der Waals surface area contributed by atoms with Crippen LogP contribution in [-0.2, 0) is 0 Å². The molecule has 1 aliphatic heterocycles. The highest BCUT2D eigenvalue weighted by Gasteiger charge is 2.27. The molecule has 2 aromatic carbocycles. The molecule has 1 N–H and O–H groups in total. The number of fused-ring (bicyclic) bond motifs is 2. The third-order valence-electron chi connectivity index (χ3n) is 4.58. The molecule has 5 heteroatoms. The van der Waals surface area contributed by atoms with E-state index in [0.29, 0.717) is 6.04 Å². The van der Waals surface area contributed by atoms with Crippen LogP contribution in [0.4, 0.5) is 4.39 Å². The molecule has 2 heterocycles. The van der Waals surface area contributed by atoms with E-state index in [1.54, 1.807) is 6.07 Å². The van der Waals surface area contributed by atoms with Crippen molar-refractivity contribution in [1.29, 1.82) is 0 Å². The van der Waals surface area contributed by atoms with E-state index in [9.17, 15) is 4.39 Å². The largest absolute Gasteiger partial charge is 0.360 e. The molecule has 0 saturated carbocycles. The van der Waals surface area contributed by atoms with Gasteiger partial charge < -0.3 is 4.98 Å². The van der Waals surface area contributed by atoms with Gasteiger partial charge in [0.2, 0.25) is 0 Å². The zero-order valence-corrected chi connectivity index (χ0v) is 15.3. The summed E-state index contributed by atoms with van der Waals surface area (Å²) < 4.78 is 15.8. The molecule has 1 unspecified atom stereocenters. The molecule has 0 saturated heterocycles. The van der Waals surface area contributed by atoms with Gasteiger partial charge in [-0.25, -0.2) is 8.70 Å². The predicted molar refractivity (Wildman–Crippen MR) is 103 cm³/mol. The van der Waals surface area contributed by atoms with E-state index in [1.165, 1.54) is 22.1 Å². The van der Waals surface area contributed by atoms with E-state index in [0.717, 1.165) is 28.8 Å². The molecular formula is C19H19FN2S2. The van der Waals surface area contributed by atoms with Crippen LogP contribution in [0.1, 0.15) is 18.5 Å². The normalized spacial score (nSPS) is 17.5. The topological polar surface area (TPSA) is 19.0 Å². The minimum Gasteiger partial charge on any atom is -0.360 e. The van der Waals surface area contributed by atoms with Gasteiger partial charge in [-0.1, -0.05) is 6.07 Å². The summed E-state index contributed by atoms with van der Waals surface area (Å²) in [6.45, 7) is 3.36. The van der Waals surface area contributed by atoms with Crippen molar-refractivity contribution in [2.24, 2.45) is 0 Å². The van der Waals surface area contributed by atoms with E-state index in [1.807, 2.05) is 36.0 Å². The summed E-state index contributed by atoms with van der Waals surface area (Å²) >= 11 is 3.74. The summed E-state index contributed by atoms with van der Waals surface area (Å²) in [7, 11) is 0. The first kappa shape index (κ1) is 16.1. The lowest BCUT2D eigenvalue weighted by molar-refractivity contribution is 0.417. The van der Waals surface area contributed by atoms with Crippen molar-refractivity contribution in [3.63, 3.8) is 0 Å². The Hall–Kier alpha value is -1.43. The lowest BCUT2D eigenvalue weighted by Gasteiger charge is -2.19. The molecule has 0 amide bonds. The van der Waals surface area contributed by atoms with Crippen molar-refractivity contribution < 1.29 is 4.39 Å². The number of hydrogen-bond donors (Lipinski definition) is 1. The quantitative estimate of drug-likeness (QED) is 0.602. The summed E-state index contributed by atoms with van der Waals surface area (Å²) in [5.41, 5.74) is 4.54. The van der Waals surface area contributed by atoms with Gasteiger partial charge in [0.15, 0.2) is 0 Å². The fraction of sp³-hybridized carbons (Fsp3) is 0.263. The van der Waals surface area contributed by atoms with E-state index in [-0.39, 0.29) is 5.82 Å². The average Bonchev–Trinajstić information content (AvgIpc) is 3.14. The number of benzene rings is 2. The number of rotatable bonds is 4. The Labute approximate surface area is 150 Å². The minimum atomic E-state index is -0.209. The van der Waals surface area contributed by atoms with Gasteiger partial charge in [-0.3, -0.25) is 0 Å². The molecule has 24 heavy (non-hydrogen) atoms. The second-order valence-corrected chi connectivity index (χ2v) is 8.12. The molecule has 2 nitrogen and oxygen atoms in total. The number of aromatic nitrogens is 1. The van der Waals surface area contributed by atoms with Crippen molar-refractivity contribution in [3.8, 4) is 11.1 Å². The maximum atomic E-state index is 13.4. The number of nitrogens with one attached hydrogen (secondary N) is 1. The fourth-order valence-corrected chi connectivity index (χ4v) is 4.91. The van der Waals surface area contributed by atoms with Crippen molar-refractivity contribution >= 4 is 34.6 Å². The number of hydrogen-bond acceptors (Lipinski definition) is 3. The Balaban J connectivity index is 1.70. The summed E-state index contributed by atoms with van der Waals surface area (Å²) in [4.78, 5) is 4.53. The van der Waals surface area contributed by atoms with Gasteiger partial charge in [-0.15, -0.1) is 0 Å². The zero-order valence-electron chi connectivity index (χ0n) is 13.7. The second-order valence-electron chi connectivity index (χ2n) is 6.05. The second kappa shape index (κ2) is 6.47. The molecule has 1 aliphatic rings. The molecule has 0 radical (unpaired) electrons. The number of nitrogens with zero attached hydrogens (tertiary/aromatic N) is 1. The Bertz CT molecular complexity index is 890. The van der Waals surface area contributed by atoms with Crippen molar-refractivity contribution in [2.75, 3.05) is 18.6 Å². The van der Waals surface area contributed by atoms with Crippen molar-refractivity contribution in [3.05, 3.63) is 54.0 Å². The molecule has 0 spiro atoms. The monoisotopic (exact) mass is 358 g/mol. The lowest BCUT2D eigenvalue weighted by atomic mass is 9.99. The van der Waals surface area contributed by atoms with Gasteiger partial charge in [0.05, 0.1) is 0 Å². The van der Waals surface area contributed by atoms with E-state index in [2.05, 4.69) is 40.7 Å². The van der Waals surface area contributed by atoms with Crippen molar-refractivity contribution in [1.82, 2.24) is 9.29 Å². The zero-order chi connectivity index (χ0) is 16.7. The highest BCUT2D eigenvalue weighted by Crippen LogP contribution is 2.45. The predicted octanol–water partition coefficient (Wildman–Crippen LogP) is 5.72. The minimum absolute atomic E-state index is 0.209. The van der Waals surface area contributed by atoms with Crippen LogP contribution in [0.15, 0.2) is 47.5 Å². The van der Waals surface area contributed by atoms with Crippen LogP contribution < -0.4 is 0 Å². The van der Waals surface area contributed by atoms with Crippen LogP contribution in [0.3, 0.4) is 0 Å². The number of H-pyrrole nitrogens is 1. The maximum absolute atomic E-state index is 13.4. The Kier molecular flexibility index (Phi) is 4.33. The van der Waals surface area contributed by atoms with Gasteiger partial charge in [-0.05, 0) is 66.6 Å². The van der Waals surface area contributed by atoms with Crippen LogP contribution in [-0.4, -0.2) is 27.8 Å². The number of halogens is 1. The number of thioether (sulfide) groups is 1. The third kappa shape index (κ3) is 2.75. The smallest absolute Gasteiger partial charge is 0.125 e. The van der Waals surface area contributed by atoms with Crippen LogP contribution >= 0.6 is 23.7 Å². The Morgan fingerprint density at radius 1 is 1.25 bits per heavy atom. The summed E-state index contributed by atoms with van der Waals surface area (Å²) in [5, 5.41) is 1.06. The molecule has 1 atom stereocenters. The van der Waals surface area contributed by atoms with E-state index < -0.39 is 0 Å². The van der Waals surface area contributed by atoms with Crippen molar-refractivity contribution in [2.45, 2.75) is 17.9 Å². The van der Waals surface area contributed by atoms with Crippen LogP contribution in [0.2, 0.25) is 0 Å². The van der Waals surface area contributed by atoms with Gasteiger partial charge in [-0.2, -0.15) is 11.8 Å². The third-order valence-corrected chi connectivity index (χ3v) is 6.47. The van der Waals surface area contributed by atoms with Crippen LogP contribution in [0.5, 0.6) is 0 Å². The summed E-state index contributed by atoms with van der Waals surface area (Å²) in [6.07, 6.45) is 4.13. The Morgan fingerprint density at radius 3 is 2.96 bits per heavy atom. The van der Waals surface area contributed by atoms with Gasteiger partial charge in [0.1, 0.15) is 5.82 Å². The van der Waals surface area contributed by atoms with E-state index in [4.69, 9.17) is 0 Å². The van der Waals surface area contributed by atoms with Gasteiger partial charge in [0.25, 0.3) is 0 Å². The highest BCUT2D eigenvalue weighted by atomic mass is 32.2. The SMILES string of the molecule is CSCCN1Sc2ccc(-c3c[nH]c4cc(F)ccc34)cc2C1C. The molecule has 0 aliphatic carbocycles. The van der Waals surface area contributed by atoms with Crippen LogP contribution in [0, 0.1) is 5.82 Å². The molecule has 0 bridgehead atoms. The first-order valence-electron chi connectivity index (χ1n) is 8.02. The Morgan fingerprint density at radius 2 is 2.12 bits per heavy atom. The average molecular weight is 359 g/mol. The first-order valence-corrected chi connectivity index (χ1v) is 10.2. The molecule has 0 fully saturated rings. The first-order chi connectivity index (χ1) is 11.7. The van der Waals surface area contributed by atoms with E-state index >= 15 is 0 Å². The maximum Gasteiger partial charge on any atom is 0.125 e. The standard InChI is InChI=1S/C19H19FN2S2/c1-12-16-9-13(3-6-19(16)24-22(12)7-8-23-2)17-11-21-18-10-14(20)4-5-15(17)18/h3-6,9-12,21H,7-8H2,1-2H3. The molecule has 124 valence electrons. The molecular weight excluding hydrogens is 339 g/mol. The van der Waals surface area contributed by atoms with Crippen LogP contribution in [0.25, 0.3) is 22.0 Å². The number of aromatic amines is 1.